The summed E-state index contributed by atoms with van der Waals surface area (Å²) in [7, 11) is 0. The van der Waals surface area contributed by atoms with Crippen molar-refractivity contribution < 1.29 is 13.2 Å². The topological polar surface area (TPSA) is 58.6 Å². The maximum atomic E-state index is 14.1. The van der Waals surface area contributed by atoms with Crippen molar-refractivity contribution in [2.75, 3.05) is 0 Å². The highest BCUT2D eigenvalue weighted by molar-refractivity contribution is 5.86. The van der Waals surface area contributed by atoms with Crippen LogP contribution in [0, 0.1) is 5.82 Å². The molecule has 4 nitrogen and oxygen atoms in total. The monoisotopic (exact) mass is 291 g/mol. The first-order valence-electron chi connectivity index (χ1n) is 5.97. The van der Waals surface area contributed by atoms with E-state index in [0.29, 0.717) is 5.39 Å². The van der Waals surface area contributed by atoms with E-state index in [4.69, 9.17) is 0 Å². The van der Waals surface area contributed by atoms with Gasteiger partial charge >= 0.3 is 0 Å². The van der Waals surface area contributed by atoms with Crippen molar-refractivity contribution in [1.29, 1.82) is 0 Å². The molecule has 106 valence electrons. The minimum absolute atomic E-state index is 0.0985. The average Bonchev–Trinajstić information content (AvgIpc) is 2.48. The molecule has 3 rings (SSSR count). The molecule has 2 heterocycles. The van der Waals surface area contributed by atoms with Gasteiger partial charge in [-0.15, -0.1) is 0 Å². The first-order valence-corrected chi connectivity index (χ1v) is 5.97. The molecule has 0 amide bonds. The number of halogens is 3. The molecule has 0 aliphatic rings. The van der Waals surface area contributed by atoms with Crippen LogP contribution in [-0.4, -0.2) is 15.0 Å². The van der Waals surface area contributed by atoms with Crippen molar-refractivity contribution in [2.24, 2.45) is 0 Å². The summed E-state index contributed by atoms with van der Waals surface area (Å²) in [5.41, 5.74) is -0.658. The van der Waals surface area contributed by atoms with Gasteiger partial charge in [-0.2, -0.15) is 0 Å². The number of rotatable bonds is 2. The molecular weight excluding hydrogens is 283 g/mol. The van der Waals surface area contributed by atoms with Gasteiger partial charge in [0.05, 0.1) is 18.1 Å². The molecule has 0 aliphatic carbocycles. The van der Waals surface area contributed by atoms with Gasteiger partial charge in [-0.1, -0.05) is 0 Å². The number of nitrogens with zero attached hydrogens (tertiary/aromatic N) is 2. The zero-order chi connectivity index (χ0) is 15.0. The van der Waals surface area contributed by atoms with Crippen molar-refractivity contribution >= 4 is 10.8 Å². The zero-order valence-electron chi connectivity index (χ0n) is 10.5. The number of hydrogen-bond acceptors (Lipinski definition) is 3. The summed E-state index contributed by atoms with van der Waals surface area (Å²) in [6, 6.07) is 4.14. The zero-order valence-corrected chi connectivity index (χ0v) is 10.5. The predicted octanol–water partition coefficient (Wildman–Crippen LogP) is 3.06. The van der Waals surface area contributed by atoms with Gasteiger partial charge in [0, 0.05) is 17.1 Å². The number of pyridine rings is 1. The fraction of sp³-hybridized carbons (Fsp3) is 0.0714. The number of aromatic amines is 1. The summed E-state index contributed by atoms with van der Waals surface area (Å²) in [6.07, 6.45) is 0.699. The first kappa shape index (κ1) is 13.3. The number of aromatic nitrogens is 3. The lowest BCUT2D eigenvalue weighted by atomic mass is 10.1. The van der Waals surface area contributed by atoms with Crippen LogP contribution in [-0.2, 0) is 0 Å². The molecule has 0 atom stereocenters. The summed E-state index contributed by atoms with van der Waals surface area (Å²) in [5, 5.41) is 0.728. The largest absolute Gasteiger partial charge is 0.329 e. The molecule has 2 aromatic heterocycles. The smallest absolute Gasteiger partial charge is 0.281 e. The highest BCUT2D eigenvalue weighted by Crippen LogP contribution is 2.25. The number of nitrogens with one attached hydrogen (secondary N) is 1. The normalized spacial score (nSPS) is 11.2. The second kappa shape index (κ2) is 5.01. The third-order valence-corrected chi connectivity index (χ3v) is 3.03. The van der Waals surface area contributed by atoms with Crippen LogP contribution in [0.15, 0.2) is 41.6 Å². The third-order valence-electron chi connectivity index (χ3n) is 3.03. The van der Waals surface area contributed by atoms with Gasteiger partial charge in [0.1, 0.15) is 11.5 Å². The van der Waals surface area contributed by atoms with E-state index in [1.165, 1.54) is 12.3 Å². The Kier molecular flexibility index (Phi) is 3.17. The van der Waals surface area contributed by atoms with E-state index in [1.54, 1.807) is 6.07 Å². The Morgan fingerprint density at radius 1 is 1.14 bits per heavy atom. The second-order valence-corrected chi connectivity index (χ2v) is 4.35. The maximum absolute atomic E-state index is 14.1. The average molecular weight is 291 g/mol. The van der Waals surface area contributed by atoms with Gasteiger partial charge in [0.15, 0.2) is 0 Å². The Labute approximate surface area is 116 Å². The lowest BCUT2D eigenvalue weighted by Gasteiger charge is -2.05. The molecule has 0 fully saturated rings. The van der Waals surface area contributed by atoms with Crippen molar-refractivity contribution in [1.82, 2.24) is 15.0 Å². The summed E-state index contributed by atoms with van der Waals surface area (Å²) >= 11 is 0. The van der Waals surface area contributed by atoms with Crippen molar-refractivity contribution in [3.63, 3.8) is 0 Å². The molecule has 1 N–H and O–H groups in total. The highest BCUT2D eigenvalue weighted by atomic mass is 19.3. The van der Waals surface area contributed by atoms with E-state index in [-0.39, 0.29) is 16.6 Å². The Bertz CT molecular complexity index is 859. The van der Waals surface area contributed by atoms with E-state index < -0.39 is 23.5 Å². The van der Waals surface area contributed by atoms with E-state index in [9.17, 15) is 18.0 Å². The molecule has 0 unspecified atom stereocenters. The fourth-order valence-electron chi connectivity index (χ4n) is 2.00. The predicted molar refractivity (Wildman–Crippen MR) is 70.5 cm³/mol. The lowest BCUT2D eigenvalue weighted by molar-refractivity contribution is 0.145. The quantitative estimate of drug-likeness (QED) is 0.789. The lowest BCUT2D eigenvalue weighted by Crippen LogP contribution is -2.05. The highest BCUT2D eigenvalue weighted by Gasteiger charge is 2.13. The van der Waals surface area contributed by atoms with Gasteiger partial charge in [-0.25, -0.2) is 13.2 Å². The molecule has 7 heteroatoms. The molecule has 0 bridgehead atoms. The molecule has 0 radical (unpaired) electrons. The third kappa shape index (κ3) is 2.37. The fourth-order valence-corrected chi connectivity index (χ4v) is 2.00. The summed E-state index contributed by atoms with van der Waals surface area (Å²) < 4.78 is 38.9. The van der Waals surface area contributed by atoms with Gasteiger partial charge < -0.3 is 4.98 Å². The molecular formula is C14H8F3N3O. The van der Waals surface area contributed by atoms with E-state index >= 15 is 0 Å². The van der Waals surface area contributed by atoms with Crippen molar-refractivity contribution in [3.8, 4) is 11.3 Å². The second-order valence-electron chi connectivity index (χ2n) is 4.35. The molecule has 1 aromatic carbocycles. The summed E-state index contributed by atoms with van der Waals surface area (Å²) in [5.74, 6) is -0.668. The molecule has 0 aliphatic heterocycles. The van der Waals surface area contributed by atoms with Gasteiger partial charge in [-0.3, -0.25) is 14.8 Å². The molecule has 0 saturated heterocycles. The van der Waals surface area contributed by atoms with Crippen LogP contribution in [0.3, 0.4) is 0 Å². The van der Waals surface area contributed by atoms with Gasteiger partial charge in [0.25, 0.3) is 12.0 Å². The molecule has 21 heavy (non-hydrogen) atoms. The van der Waals surface area contributed by atoms with Crippen LogP contribution in [0.1, 0.15) is 12.1 Å². The van der Waals surface area contributed by atoms with Crippen LogP contribution in [0.4, 0.5) is 13.2 Å². The van der Waals surface area contributed by atoms with E-state index in [0.717, 1.165) is 18.5 Å². The standard InChI is InChI=1S/C14H8F3N3O/c15-10-4-8-7(1-2-18-14(8)21)3-9(10)11-5-20-12(6-19-11)13(16)17/h1-6,13H,(H,18,21). The summed E-state index contributed by atoms with van der Waals surface area (Å²) in [6.45, 7) is 0. The van der Waals surface area contributed by atoms with Gasteiger partial charge in [0.2, 0.25) is 0 Å². The SMILES string of the molecule is O=c1[nH]ccc2cc(-c3cnc(C(F)F)cn3)c(F)cc12. The Balaban J connectivity index is 2.16. The first-order chi connectivity index (χ1) is 10.1. The molecule has 3 aromatic rings. The van der Waals surface area contributed by atoms with Crippen LogP contribution >= 0.6 is 0 Å². The molecule has 0 spiro atoms. The van der Waals surface area contributed by atoms with Crippen LogP contribution in [0.2, 0.25) is 0 Å². The number of fused-ring (bicyclic) bond motifs is 1. The Morgan fingerprint density at radius 3 is 2.62 bits per heavy atom. The van der Waals surface area contributed by atoms with Gasteiger partial charge in [-0.05, 0) is 23.6 Å². The van der Waals surface area contributed by atoms with Crippen molar-refractivity contribution in [2.45, 2.75) is 6.43 Å². The number of H-pyrrole nitrogens is 1. The van der Waals surface area contributed by atoms with Crippen LogP contribution in [0.25, 0.3) is 22.0 Å². The minimum Gasteiger partial charge on any atom is -0.329 e. The minimum atomic E-state index is -2.73. The number of hydrogen-bond donors (Lipinski definition) is 1. The van der Waals surface area contributed by atoms with E-state index in [2.05, 4.69) is 15.0 Å². The maximum Gasteiger partial charge on any atom is 0.281 e. The van der Waals surface area contributed by atoms with E-state index in [1.807, 2.05) is 0 Å². The Morgan fingerprint density at radius 2 is 1.95 bits per heavy atom. The number of benzene rings is 1. The van der Waals surface area contributed by atoms with Crippen molar-refractivity contribution in [3.05, 3.63) is 58.7 Å². The number of alkyl halides is 2. The van der Waals surface area contributed by atoms with Crippen LogP contribution in [0.5, 0.6) is 0 Å². The van der Waals surface area contributed by atoms with Crippen LogP contribution < -0.4 is 5.56 Å². The Hall–Kier alpha value is -2.70. The summed E-state index contributed by atoms with van der Waals surface area (Å²) in [4.78, 5) is 21.3. The molecule has 0 saturated carbocycles.